The van der Waals surface area contributed by atoms with Crippen LogP contribution in [0.3, 0.4) is 0 Å². The molecule has 2 amide bonds. The molecule has 0 bridgehead atoms. The molecule has 1 saturated heterocycles. The quantitative estimate of drug-likeness (QED) is 0.712. The first kappa shape index (κ1) is 14.2. The summed E-state index contributed by atoms with van der Waals surface area (Å²) < 4.78 is 0. The van der Waals surface area contributed by atoms with E-state index in [1.165, 1.54) is 18.2 Å². The highest BCUT2D eigenvalue weighted by Crippen LogP contribution is 2.27. The molecule has 108 valence electrons. The van der Waals surface area contributed by atoms with Crippen LogP contribution < -0.4 is 5.73 Å². The van der Waals surface area contributed by atoms with Crippen molar-refractivity contribution in [1.29, 1.82) is 0 Å². The minimum atomic E-state index is -0.307. The lowest BCUT2D eigenvalue weighted by molar-refractivity contribution is -0.119. The van der Waals surface area contributed by atoms with E-state index >= 15 is 0 Å². The minimum absolute atomic E-state index is 0.183. The van der Waals surface area contributed by atoms with Crippen LogP contribution in [0.2, 0.25) is 0 Å². The number of hydrogen-bond acceptors (Lipinski definition) is 4. The number of hydrogen-bond donors (Lipinski definition) is 3. The average molecular weight is 278 g/mol. The molecule has 0 spiro atoms. The van der Waals surface area contributed by atoms with Gasteiger partial charge in [-0.3, -0.25) is 9.59 Å². The van der Waals surface area contributed by atoms with E-state index in [2.05, 4.69) is 0 Å². The highest BCUT2D eigenvalue weighted by Gasteiger charge is 2.24. The van der Waals surface area contributed by atoms with E-state index in [4.69, 9.17) is 5.73 Å². The summed E-state index contributed by atoms with van der Waals surface area (Å²) in [5, 5.41) is 18.7. The smallest absolute Gasteiger partial charge is 0.253 e. The number of carbonyl (C=O) groups excluding carboxylic acids is 2. The van der Waals surface area contributed by atoms with Gasteiger partial charge in [0.1, 0.15) is 0 Å². The Morgan fingerprint density at radius 1 is 1.20 bits per heavy atom. The van der Waals surface area contributed by atoms with Crippen molar-refractivity contribution >= 4 is 11.8 Å². The van der Waals surface area contributed by atoms with Gasteiger partial charge in [0.2, 0.25) is 5.91 Å². The van der Waals surface area contributed by atoms with Crippen LogP contribution in [0.1, 0.15) is 29.6 Å². The number of benzene rings is 1. The van der Waals surface area contributed by atoms with Crippen molar-refractivity contribution in [3.8, 4) is 11.5 Å². The molecule has 1 aromatic rings. The van der Waals surface area contributed by atoms with Gasteiger partial charge in [-0.15, -0.1) is 0 Å². The maximum atomic E-state index is 12.2. The molecule has 1 heterocycles. The second-order valence-electron chi connectivity index (χ2n) is 5.11. The number of aromatic hydroxyl groups is 2. The second-order valence-corrected chi connectivity index (χ2v) is 5.11. The molecule has 0 aromatic heterocycles. The molecule has 6 heteroatoms. The number of amides is 2. The first-order chi connectivity index (χ1) is 9.47. The Balaban J connectivity index is 1.97. The summed E-state index contributed by atoms with van der Waals surface area (Å²) in [6.07, 6.45) is 1.86. The van der Waals surface area contributed by atoms with Crippen LogP contribution in [-0.4, -0.2) is 40.0 Å². The number of carbonyl (C=O) groups is 2. The number of phenols is 2. The van der Waals surface area contributed by atoms with Crippen LogP contribution in [0.4, 0.5) is 0 Å². The third-order valence-electron chi connectivity index (χ3n) is 3.61. The lowest BCUT2D eigenvalue weighted by Crippen LogP contribution is -2.39. The fraction of sp³-hybridized carbons (Fsp3) is 0.429. The zero-order chi connectivity index (χ0) is 14.7. The fourth-order valence-corrected chi connectivity index (χ4v) is 2.46. The maximum absolute atomic E-state index is 12.2. The molecule has 2 rings (SSSR count). The molecule has 0 radical (unpaired) electrons. The topological polar surface area (TPSA) is 104 Å². The Morgan fingerprint density at radius 3 is 2.40 bits per heavy atom. The molecular weight excluding hydrogens is 260 g/mol. The van der Waals surface area contributed by atoms with Crippen LogP contribution in [0.5, 0.6) is 11.5 Å². The van der Waals surface area contributed by atoms with Gasteiger partial charge in [-0.1, -0.05) is 0 Å². The number of rotatable bonds is 3. The molecule has 1 aromatic carbocycles. The summed E-state index contributed by atoms with van der Waals surface area (Å²) in [5.41, 5.74) is 5.51. The van der Waals surface area contributed by atoms with Gasteiger partial charge < -0.3 is 20.8 Å². The number of phenolic OH excluding ortho intramolecular Hbond substituents is 2. The van der Waals surface area contributed by atoms with Crippen LogP contribution in [0.25, 0.3) is 0 Å². The number of piperidine rings is 1. The molecule has 0 unspecified atom stereocenters. The zero-order valence-electron chi connectivity index (χ0n) is 11.1. The van der Waals surface area contributed by atoms with Crippen molar-refractivity contribution < 1.29 is 19.8 Å². The van der Waals surface area contributed by atoms with Crippen LogP contribution in [-0.2, 0) is 4.79 Å². The second kappa shape index (κ2) is 5.81. The lowest BCUT2D eigenvalue weighted by atomic mass is 9.93. The predicted molar refractivity (Wildman–Crippen MR) is 72.2 cm³/mol. The van der Waals surface area contributed by atoms with Crippen molar-refractivity contribution in [2.75, 3.05) is 13.1 Å². The Labute approximate surface area is 116 Å². The third kappa shape index (κ3) is 3.20. The summed E-state index contributed by atoms with van der Waals surface area (Å²) in [6.45, 7) is 1.14. The SMILES string of the molecule is NC(=O)CC1CCN(C(=O)c2ccc(O)c(O)c2)CC1. The van der Waals surface area contributed by atoms with Crippen LogP contribution in [0.15, 0.2) is 18.2 Å². The molecular formula is C14H18N2O4. The number of likely N-dealkylation sites (tertiary alicyclic amines) is 1. The van der Waals surface area contributed by atoms with Gasteiger partial charge in [-0.25, -0.2) is 0 Å². The predicted octanol–water partition coefficient (Wildman–Crippen LogP) is 0.825. The lowest BCUT2D eigenvalue weighted by Gasteiger charge is -2.31. The standard InChI is InChI=1S/C14H18N2O4/c15-13(19)7-9-3-5-16(6-4-9)14(20)10-1-2-11(17)12(18)8-10/h1-2,8-9,17-18H,3-7H2,(H2,15,19). The molecule has 0 saturated carbocycles. The summed E-state index contributed by atoms with van der Waals surface area (Å²) in [7, 11) is 0. The Hall–Kier alpha value is -2.24. The molecule has 6 nitrogen and oxygen atoms in total. The van der Waals surface area contributed by atoms with Crippen LogP contribution >= 0.6 is 0 Å². The summed E-state index contributed by atoms with van der Waals surface area (Å²) in [4.78, 5) is 24.8. The van der Waals surface area contributed by atoms with Gasteiger partial charge in [-0.2, -0.15) is 0 Å². The molecule has 1 aliphatic rings. The summed E-state index contributed by atoms with van der Waals surface area (Å²) in [6, 6.07) is 4.03. The van der Waals surface area contributed by atoms with Gasteiger partial charge in [0.25, 0.3) is 5.91 Å². The van der Waals surface area contributed by atoms with E-state index in [1.807, 2.05) is 0 Å². The van der Waals surface area contributed by atoms with Gasteiger partial charge in [0.05, 0.1) is 0 Å². The van der Waals surface area contributed by atoms with E-state index in [0.29, 0.717) is 25.1 Å². The first-order valence-corrected chi connectivity index (χ1v) is 6.57. The average Bonchev–Trinajstić information content (AvgIpc) is 2.41. The first-order valence-electron chi connectivity index (χ1n) is 6.57. The Bertz CT molecular complexity index is 522. The van der Waals surface area contributed by atoms with E-state index in [1.54, 1.807) is 4.90 Å². The van der Waals surface area contributed by atoms with E-state index in [9.17, 15) is 19.8 Å². The Morgan fingerprint density at radius 2 is 1.85 bits per heavy atom. The van der Waals surface area contributed by atoms with Crippen molar-refractivity contribution in [2.24, 2.45) is 11.7 Å². The molecule has 0 aliphatic carbocycles. The molecule has 1 aliphatic heterocycles. The summed E-state index contributed by atoms with van der Waals surface area (Å²) >= 11 is 0. The van der Waals surface area contributed by atoms with Gasteiger partial charge in [0.15, 0.2) is 11.5 Å². The molecule has 20 heavy (non-hydrogen) atoms. The van der Waals surface area contributed by atoms with E-state index in [-0.39, 0.29) is 29.2 Å². The van der Waals surface area contributed by atoms with Crippen molar-refractivity contribution in [1.82, 2.24) is 4.90 Å². The van der Waals surface area contributed by atoms with Crippen molar-refractivity contribution in [3.05, 3.63) is 23.8 Å². The number of nitrogens with two attached hydrogens (primary N) is 1. The normalized spacial score (nSPS) is 16.1. The largest absolute Gasteiger partial charge is 0.504 e. The van der Waals surface area contributed by atoms with Crippen molar-refractivity contribution in [2.45, 2.75) is 19.3 Å². The zero-order valence-corrected chi connectivity index (χ0v) is 11.1. The summed E-state index contributed by atoms with van der Waals surface area (Å²) in [5.74, 6) is -0.804. The molecule has 0 atom stereocenters. The highest BCUT2D eigenvalue weighted by atomic mass is 16.3. The minimum Gasteiger partial charge on any atom is -0.504 e. The van der Waals surface area contributed by atoms with Crippen LogP contribution in [0, 0.1) is 5.92 Å². The third-order valence-corrected chi connectivity index (χ3v) is 3.61. The van der Waals surface area contributed by atoms with Gasteiger partial charge in [0, 0.05) is 25.1 Å². The number of nitrogens with zero attached hydrogens (tertiary/aromatic N) is 1. The van der Waals surface area contributed by atoms with Gasteiger partial charge in [-0.05, 0) is 37.0 Å². The maximum Gasteiger partial charge on any atom is 0.253 e. The van der Waals surface area contributed by atoms with Crippen molar-refractivity contribution in [3.63, 3.8) is 0 Å². The molecule has 4 N–H and O–H groups in total. The van der Waals surface area contributed by atoms with E-state index < -0.39 is 0 Å². The van der Waals surface area contributed by atoms with E-state index in [0.717, 1.165) is 12.8 Å². The Kier molecular flexibility index (Phi) is 4.12. The number of primary amides is 1. The highest BCUT2D eigenvalue weighted by molar-refractivity contribution is 5.95. The van der Waals surface area contributed by atoms with Gasteiger partial charge >= 0.3 is 0 Å². The fourth-order valence-electron chi connectivity index (χ4n) is 2.46. The monoisotopic (exact) mass is 278 g/mol. The molecule has 1 fully saturated rings.